The maximum absolute atomic E-state index is 8.94. The molecule has 0 spiro atoms. The zero-order valence-corrected chi connectivity index (χ0v) is 10.1. The molecule has 2 heterocycles. The summed E-state index contributed by atoms with van der Waals surface area (Å²) in [5, 5.41) is 16.9. The zero-order chi connectivity index (χ0) is 11.7. The monoisotopic (exact) mass is 236 g/mol. The van der Waals surface area contributed by atoms with Crippen molar-refractivity contribution >= 4 is 0 Å². The van der Waals surface area contributed by atoms with Crippen LogP contribution in [0.3, 0.4) is 0 Å². The minimum absolute atomic E-state index is 0.0154. The molecule has 17 heavy (non-hydrogen) atoms. The van der Waals surface area contributed by atoms with Gasteiger partial charge < -0.3 is 10.0 Å². The molecule has 1 aliphatic heterocycles. The first-order chi connectivity index (χ1) is 8.33. The van der Waals surface area contributed by atoms with E-state index >= 15 is 0 Å². The average Bonchev–Trinajstić information content (AvgIpc) is 2.86. The molecule has 1 atom stereocenters. The number of aliphatic hydroxyl groups is 1. The average molecular weight is 236 g/mol. The maximum Gasteiger partial charge on any atom is 0.108 e. The highest BCUT2D eigenvalue weighted by Crippen LogP contribution is 2.31. The van der Waals surface area contributed by atoms with Gasteiger partial charge in [0, 0.05) is 19.6 Å². The van der Waals surface area contributed by atoms with Crippen LogP contribution in [0, 0.1) is 11.8 Å². The predicted octanol–water partition coefficient (Wildman–Crippen LogP) is 0.502. The minimum atomic E-state index is -0.0154. The molecule has 3 rings (SSSR count). The molecule has 1 N–H and O–H groups in total. The van der Waals surface area contributed by atoms with Crippen LogP contribution in [-0.2, 0) is 13.2 Å². The summed E-state index contributed by atoms with van der Waals surface area (Å²) in [7, 11) is 0. The Kier molecular flexibility index (Phi) is 3.11. The summed E-state index contributed by atoms with van der Waals surface area (Å²) in [6.07, 6.45) is 5.98. The molecule has 0 amide bonds. The van der Waals surface area contributed by atoms with Gasteiger partial charge in [0.15, 0.2) is 0 Å². The molecule has 1 aliphatic carbocycles. The lowest BCUT2D eigenvalue weighted by atomic mass is 10.1. The molecule has 1 aromatic heterocycles. The van der Waals surface area contributed by atoms with Crippen LogP contribution in [0.4, 0.5) is 0 Å². The molecule has 2 fully saturated rings. The smallest absolute Gasteiger partial charge is 0.108 e. The Morgan fingerprint density at radius 1 is 1.24 bits per heavy atom. The van der Waals surface area contributed by atoms with E-state index in [1.807, 2.05) is 10.9 Å². The van der Waals surface area contributed by atoms with Gasteiger partial charge in [-0.3, -0.25) is 4.68 Å². The van der Waals surface area contributed by atoms with Crippen LogP contribution in [0.25, 0.3) is 0 Å². The Bertz CT molecular complexity index is 374. The minimum Gasteiger partial charge on any atom is -0.390 e. The lowest BCUT2D eigenvalue weighted by Crippen LogP contribution is -2.24. The van der Waals surface area contributed by atoms with Crippen molar-refractivity contribution in [2.24, 2.45) is 11.8 Å². The maximum atomic E-state index is 8.94. The van der Waals surface area contributed by atoms with Gasteiger partial charge in [0.25, 0.3) is 0 Å². The highest BCUT2D eigenvalue weighted by atomic mass is 16.3. The first-order valence-electron chi connectivity index (χ1n) is 6.55. The largest absolute Gasteiger partial charge is 0.390 e. The van der Waals surface area contributed by atoms with Crippen molar-refractivity contribution in [3.63, 3.8) is 0 Å². The van der Waals surface area contributed by atoms with E-state index in [-0.39, 0.29) is 6.61 Å². The van der Waals surface area contributed by atoms with Crippen LogP contribution in [-0.4, -0.2) is 44.6 Å². The van der Waals surface area contributed by atoms with Gasteiger partial charge in [0.05, 0.1) is 12.8 Å². The summed E-state index contributed by atoms with van der Waals surface area (Å²) in [5.74, 6) is 1.68. The summed E-state index contributed by atoms with van der Waals surface area (Å²) >= 11 is 0. The van der Waals surface area contributed by atoms with Gasteiger partial charge in [-0.05, 0) is 37.6 Å². The predicted molar refractivity (Wildman–Crippen MR) is 63.2 cm³/mol. The number of hydrogen-bond donors (Lipinski definition) is 1. The molecule has 0 radical (unpaired) electrons. The summed E-state index contributed by atoms with van der Waals surface area (Å²) in [6, 6.07) is 0. The van der Waals surface area contributed by atoms with E-state index in [0.29, 0.717) is 11.6 Å². The first kappa shape index (κ1) is 11.2. The quantitative estimate of drug-likeness (QED) is 0.809. The van der Waals surface area contributed by atoms with Gasteiger partial charge in [0.2, 0.25) is 0 Å². The van der Waals surface area contributed by atoms with Crippen molar-refractivity contribution < 1.29 is 5.11 Å². The van der Waals surface area contributed by atoms with Crippen LogP contribution in [0.5, 0.6) is 0 Å². The summed E-state index contributed by atoms with van der Waals surface area (Å²) < 4.78 is 1.87. The van der Waals surface area contributed by atoms with Crippen LogP contribution >= 0.6 is 0 Å². The highest BCUT2D eigenvalue weighted by Gasteiger charge is 2.29. The third-order valence-electron chi connectivity index (χ3n) is 3.78. The van der Waals surface area contributed by atoms with Crippen LogP contribution < -0.4 is 0 Å². The molecule has 0 unspecified atom stereocenters. The van der Waals surface area contributed by atoms with Crippen LogP contribution in [0.15, 0.2) is 6.20 Å². The van der Waals surface area contributed by atoms with E-state index in [0.717, 1.165) is 12.5 Å². The summed E-state index contributed by atoms with van der Waals surface area (Å²) in [5.41, 5.74) is 0.665. The normalized spacial score (nSPS) is 25.6. The summed E-state index contributed by atoms with van der Waals surface area (Å²) in [4.78, 5) is 2.59. The number of hydrogen-bond acceptors (Lipinski definition) is 4. The molecule has 5 nitrogen and oxygen atoms in total. The van der Waals surface area contributed by atoms with E-state index in [1.54, 1.807) is 0 Å². The Morgan fingerprint density at radius 3 is 2.82 bits per heavy atom. The Morgan fingerprint density at radius 2 is 2.12 bits per heavy atom. The van der Waals surface area contributed by atoms with E-state index in [2.05, 4.69) is 15.2 Å². The van der Waals surface area contributed by atoms with Crippen molar-refractivity contribution in [3.8, 4) is 0 Å². The molecular formula is C12H20N4O. The number of aliphatic hydroxyl groups excluding tert-OH is 1. The standard InChI is InChI=1S/C12H20N4O/c17-9-12-8-16(14-13-12)7-11-3-4-15(6-11)5-10-1-2-10/h8,10-11,17H,1-7,9H2/t11-/m0/s1. The van der Waals surface area contributed by atoms with Gasteiger partial charge in [0.1, 0.15) is 5.69 Å². The van der Waals surface area contributed by atoms with E-state index in [1.165, 1.54) is 38.9 Å². The second kappa shape index (κ2) is 4.74. The van der Waals surface area contributed by atoms with Gasteiger partial charge in [-0.1, -0.05) is 5.21 Å². The molecule has 0 aromatic carbocycles. The van der Waals surface area contributed by atoms with E-state index in [9.17, 15) is 0 Å². The van der Waals surface area contributed by atoms with Gasteiger partial charge in [-0.25, -0.2) is 0 Å². The lowest BCUT2D eigenvalue weighted by molar-refractivity contribution is 0.276. The fourth-order valence-electron chi connectivity index (χ4n) is 2.66. The van der Waals surface area contributed by atoms with Crippen molar-refractivity contribution in [1.29, 1.82) is 0 Å². The third kappa shape index (κ3) is 2.84. The number of likely N-dealkylation sites (tertiary alicyclic amines) is 1. The molecule has 0 bridgehead atoms. The Labute approximate surface area is 101 Å². The molecule has 2 aliphatic rings. The molecule has 5 heteroatoms. The third-order valence-corrected chi connectivity index (χ3v) is 3.78. The fraction of sp³-hybridized carbons (Fsp3) is 0.833. The number of aromatic nitrogens is 3. The fourth-order valence-corrected chi connectivity index (χ4v) is 2.66. The molecule has 94 valence electrons. The van der Waals surface area contributed by atoms with E-state index < -0.39 is 0 Å². The van der Waals surface area contributed by atoms with Gasteiger partial charge in [-0.2, -0.15) is 0 Å². The molecular weight excluding hydrogens is 216 g/mol. The molecule has 1 saturated heterocycles. The lowest BCUT2D eigenvalue weighted by Gasteiger charge is -2.15. The van der Waals surface area contributed by atoms with Crippen molar-refractivity contribution in [1.82, 2.24) is 19.9 Å². The Balaban J connectivity index is 1.48. The second-order valence-corrected chi connectivity index (χ2v) is 5.45. The van der Waals surface area contributed by atoms with Gasteiger partial charge in [-0.15, -0.1) is 5.10 Å². The zero-order valence-electron chi connectivity index (χ0n) is 10.1. The first-order valence-corrected chi connectivity index (χ1v) is 6.55. The number of rotatable bonds is 5. The summed E-state index contributed by atoms with van der Waals surface area (Å²) in [6.45, 7) is 4.66. The number of nitrogens with zero attached hydrogens (tertiary/aromatic N) is 4. The highest BCUT2D eigenvalue weighted by molar-refractivity contribution is 4.90. The molecule has 1 aromatic rings. The van der Waals surface area contributed by atoms with Crippen molar-refractivity contribution in [3.05, 3.63) is 11.9 Å². The SMILES string of the molecule is OCc1cn(C[C@H]2CCN(CC3CC3)C2)nn1. The van der Waals surface area contributed by atoms with Crippen LogP contribution in [0.1, 0.15) is 25.0 Å². The Hall–Kier alpha value is -0.940. The van der Waals surface area contributed by atoms with Gasteiger partial charge >= 0.3 is 0 Å². The van der Waals surface area contributed by atoms with E-state index in [4.69, 9.17) is 5.11 Å². The van der Waals surface area contributed by atoms with Crippen molar-refractivity contribution in [2.75, 3.05) is 19.6 Å². The molecule has 1 saturated carbocycles. The van der Waals surface area contributed by atoms with Crippen molar-refractivity contribution in [2.45, 2.75) is 32.4 Å². The van der Waals surface area contributed by atoms with Crippen LogP contribution in [0.2, 0.25) is 0 Å². The second-order valence-electron chi connectivity index (χ2n) is 5.45. The topological polar surface area (TPSA) is 54.2 Å².